The van der Waals surface area contributed by atoms with Gasteiger partial charge in [-0.15, -0.1) is 0 Å². The minimum Gasteiger partial charge on any atom is -0.481 e. The Morgan fingerprint density at radius 2 is 2.00 bits per heavy atom. The highest BCUT2D eigenvalue weighted by molar-refractivity contribution is 6.31. The standard InChI is InChI=1S/C24H25ClN2O3/c1-15-11-20(25)7-8-21(15)22(18-5-3-17(4-6-18)13-24(28)29)14-23(27-30)19-9-10-26-16(2)12-19/h3-12,15,21-22,30H,13-14H2,1-2H3,(H,28,29)/b27-23+/t15?,21?,22-/m1/s1. The summed E-state index contributed by atoms with van der Waals surface area (Å²) in [5.41, 5.74) is 4.08. The number of aryl methyl sites for hydroxylation is 1. The van der Waals surface area contributed by atoms with E-state index in [1.165, 1.54) is 0 Å². The Morgan fingerprint density at radius 3 is 2.60 bits per heavy atom. The van der Waals surface area contributed by atoms with Crippen LogP contribution in [-0.2, 0) is 11.2 Å². The zero-order valence-corrected chi connectivity index (χ0v) is 17.8. The largest absolute Gasteiger partial charge is 0.481 e. The molecule has 30 heavy (non-hydrogen) atoms. The summed E-state index contributed by atoms with van der Waals surface area (Å²) in [7, 11) is 0. The van der Waals surface area contributed by atoms with Gasteiger partial charge < -0.3 is 10.3 Å². The summed E-state index contributed by atoms with van der Waals surface area (Å²) in [4.78, 5) is 15.2. The van der Waals surface area contributed by atoms with Gasteiger partial charge in [0, 0.05) is 28.9 Å². The molecule has 3 rings (SSSR count). The Bertz CT molecular complexity index is 996. The first-order valence-electron chi connectivity index (χ1n) is 9.87. The molecular weight excluding hydrogens is 400 g/mol. The summed E-state index contributed by atoms with van der Waals surface area (Å²) in [5, 5.41) is 23.1. The number of hydrogen-bond donors (Lipinski definition) is 2. The fourth-order valence-corrected chi connectivity index (χ4v) is 4.25. The van der Waals surface area contributed by atoms with Crippen LogP contribution in [-0.4, -0.2) is 27.0 Å². The minimum atomic E-state index is -0.856. The van der Waals surface area contributed by atoms with Crippen LogP contribution in [0.4, 0.5) is 0 Å². The molecule has 1 aromatic carbocycles. The number of nitrogens with zero attached hydrogens (tertiary/aromatic N) is 2. The van der Waals surface area contributed by atoms with E-state index in [1.807, 2.05) is 55.5 Å². The molecule has 3 atom stereocenters. The molecule has 2 aromatic rings. The highest BCUT2D eigenvalue weighted by Gasteiger charge is 2.29. The van der Waals surface area contributed by atoms with Crippen LogP contribution < -0.4 is 0 Å². The number of allylic oxidation sites excluding steroid dienone is 4. The molecule has 156 valence electrons. The maximum absolute atomic E-state index is 11.0. The third-order valence-corrected chi connectivity index (χ3v) is 5.75. The number of aromatic nitrogens is 1. The van der Waals surface area contributed by atoms with Gasteiger partial charge in [-0.3, -0.25) is 9.78 Å². The van der Waals surface area contributed by atoms with Gasteiger partial charge in [0.25, 0.3) is 0 Å². The number of carboxylic acids is 1. The Morgan fingerprint density at radius 1 is 1.27 bits per heavy atom. The maximum atomic E-state index is 11.0. The second kappa shape index (κ2) is 9.72. The first kappa shape index (κ1) is 21.8. The van der Waals surface area contributed by atoms with Gasteiger partial charge in [0.1, 0.15) is 0 Å². The van der Waals surface area contributed by atoms with Crippen LogP contribution in [0.2, 0.25) is 0 Å². The molecule has 0 saturated carbocycles. The summed E-state index contributed by atoms with van der Waals surface area (Å²) in [5.74, 6) is -0.482. The van der Waals surface area contributed by atoms with Crippen molar-refractivity contribution in [2.24, 2.45) is 17.0 Å². The zero-order valence-electron chi connectivity index (χ0n) is 17.0. The molecule has 2 N–H and O–H groups in total. The lowest BCUT2D eigenvalue weighted by molar-refractivity contribution is -0.136. The third-order valence-electron chi connectivity index (χ3n) is 5.50. The second-order valence-electron chi connectivity index (χ2n) is 7.70. The Kier molecular flexibility index (Phi) is 7.06. The maximum Gasteiger partial charge on any atom is 0.307 e. The highest BCUT2D eigenvalue weighted by atomic mass is 35.5. The fraction of sp³-hybridized carbons (Fsp3) is 0.292. The van der Waals surface area contributed by atoms with Gasteiger partial charge in [-0.1, -0.05) is 60.1 Å². The normalized spacial score (nSPS) is 20.0. The van der Waals surface area contributed by atoms with Gasteiger partial charge in [-0.25, -0.2) is 0 Å². The van der Waals surface area contributed by atoms with E-state index in [2.05, 4.69) is 23.1 Å². The summed E-state index contributed by atoms with van der Waals surface area (Å²) >= 11 is 6.19. The minimum absolute atomic E-state index is 0.0112. The van der Waals surface area contributed by atoms with Crippen molar-refractivity contribution in [3.8, 4) is 0 Å². The van der Waals surface area contributed by atoms with E-state index >= 15 is 0 Å². The van der Waals surface area contributed by atoms with E-state index in [1.54, 1.807) is 6.20 Å². The van der Waals surface area contributed by atoms with Crippen LogP contribution in [0.1, 0.15) is 41.6 Å². The average molecular weight is 425 g/mol. The Hall–Kier alpha value is -2.92. The van der Waals surface area contributed by atoms with Crippen molar-refractivity contribution >= 4 is 23.3 Å². The number of halogens is 1. The van der Waals surface area contributed by atoms with Gasteiger partial charge >= 0.3 is 5.97 Å². The van der Waals surface area contributed by atoms with Crippen molar-refractivity contribution < 1.29 is 15.1 Å². The molecule has 0 radical (unpaired) electrons. The lowest BCUT2D eigenvalue weighted by Crippen LogP contribution is -2.22. The quantitative estimate of drug-likeness (QED) is 0.358. The Balaban J connectivity index is 1.95. The van der Waals surface area contributed by atoms with E-state index in [0.29, 0.717) is 12.1 Å². The van der Waals surface area contributed by atoms with E-state index < -0.39 is 5.97 Å². The van der Waals surface area contributed by atoms with E-state index in [-0.39, 0.29) is 24.2 Å². The monoisotopic (exact) mass is 424 g/mol. The summed E-state index contributed by atoms with van der Waals surface area (Å²) in [6.07, 6.45) is 8.26. The van der Waals surface area contributed by atoms with E-state index in [9.17, 15) is 10.0 Å². The molecule has 0 aliphatic heterocycles. The molecule has 1 aromatic heterocycles. The summed E-state index contributed by atoms with van der Waals surface area (Å²) in [6.45, 7) is 4.02. The molecular formula is C24H25ClN2O3. The zero-order chi connectivity index (χ0) is 21.7. The molecule has 1 heterocycles. The molecule has 1 aliphatic carbocycles. The van der Waals surface area contributed by atoms with Crippen LogP contribution in [0.25, 0.3) is 0 Å². The predicted molar refractivity (Wildman–Crippen MR) is 118 cm³/mol. The predicted octanol–water partition coefficient (Wildman–Crippen LogP) is 5.31. The number of carboxylic acid groups (broad SMARTS) is 1. The van der Waals surface area contributed by atoms with E-state index in [0.717, 1.165) is 27.4 Å². The molecule has 0 spiro atoms. The van der Waals surface area contributed by atoms with Crippen LogP contribution in [0.15, 0.2) is 71.0 Å². The van der Waals surface area contributed by atoms with Crippen LogP contribution in [0.3, 0.4) is 0 Å². The number of carbonyl (C=O) groups is 1. The van der Waals surface area contributed by atoms with Crippen LogP contribution in [0, 0.1) is 18.8 Å². The second-order valence-corrected chi connectivity index (χ2v) is 8.14. The van der Waals surface area contributed by atoms with Crippen molar-refractivity contribution in [3.63, 3.8) is 0 Å². The van der Waals surface area contributed by atoms with Gasteiger partial charge in [-0.05, 0) is 54.0 Å². The van der Waals surface area contributed by atoms with Crippen LogP contribution >= 0.6 is 11.6 Å². The number of pyridine rings is 1. The summed E-state index contributed by atoms with van der Waals surface area (Å²) in [6, 6.07) is 11.4. The number of benzene rings is 1. The molecule has 1 aliphatic rings. The van der Waals surface area contributed by atoms with Crippen LogP contribution in [0.5, 0.6) is 0 Å². The summed E-state index contributed by atoms with van der Waals surface area (Å²) < 4.78 is 0. The number of hydrogen-bond acceptors (Lipinski definition) is 4. The van der Waals surface area contributed by atoms with Gasteiger partial charge in [-0.2, -0.15) is 0 Å². The van der Waals surface area contributed by atoms with Crippen molar-refractivity contribution in [1.82, 2.24) is 4.98 Å². The highest BCUT2D eigenvalue weighted by Crippen LogP contribution is 2.39. The average Bonchev–Trinajstić information content (AvgIpc) is 2.70. The van der Waals surface area contributed by atoms with Gasteiger partial charge in [0.2, 0.25) is 0 Å². The molecule has 6 heteroatoms. The lowest BCUT2D eigenvalue weighted by atomic mass is 9.73. The third kappa shape index (κ3) is 5.36. The molecule has 2 unspecified atom stereocenters. The molecule has 0 saturated heterocycles. The SMILES string of the molecule is Cc1cc(/C(C[C@H](c2ccc(CC(=O)O)cc2)C2C=CC(Cl)=CC2C)=N/O)ccn1. The number of rotatable bonds is 7. The molecule has 5 nitrogen and oxygen atoms in total. The molecule has 0 amide bonds. The first-order chi connectivity index (χ1) is 14.4. The number of aliphatic carboxylic acids is 1. The van der Waals surface area contributed by atoms with Gasteiger partial charge in [0.15, 0.2) is 0 Å². The van der Waals surface area contributed by atoms with Crippen molar-refractivity contribution in [2.45, 2.75) is 32.6 Å². The smallest absolute Gasteiger partial charge is 0.307 e. The molecule has 0 fully saturated rings. The number of oxime groups is 1. The van der Waals surface area contributed by atoms with Crippen molar-refractivity contribution in [3.05, 3.63) is 88.2 Å². The van der Waals surface area contributed by atoms with E-state index in [4.69, 9.17) is 16.7 Å². The van der Waals surface area contributed by atoms with Gasteiger partial charge in [0.05, 0.1) is 12.1 Å². The fourth-order valence-electron chi connectivity index (χ4n) is 3.98. The topological polar surface area (TPSA) is 82.8 Å². The first-order valence-corrected chi connectivity index (χ1v) is 10.2. The lowest BCUT2D eigenvalue weighted by Gasteiger charge is -2.31. The van der Waals surface area contributed by atoms with Crippen molar-refractivity contribution in [1.29, 1.82) is 0 Å². The Labute approximate surface area is 181 Å². The molecule has 0 bridgehead atoms. The van der Waals surface area contributed by atoms with Crippen molar-refractivity contribution in [2.75, 3.05) is 0 Å².